The Morgan fingerprint density at radius 1 is 1.15 bits per heavy atom. The van der Waals surface area contributed by atoms with Crippen LogP contribution in [0.2, 0.25) is 10.3 Å². The quantitative estimate of drug-likeness (QED) is 0.640. The van der Waals surface area contributed by atoms with Crippen LogP contribution in [0.3, 0.4) is 0 Å². The third-order valence-corrected chi connectivity index (χ3v) is 4.52. The van der Waals surface area contributed by atoms with Crippen molar-refractivity contribution in [3.63, 3.8) is 0 Å². The largest absolute Gasteiger partial charge is 0.497 e. The van der Waals surface area contributed by atoms with Crippen LogP contribution in [-0.4, -0.2) is 27.2 Å². The van der Waals surface area contributed by atoms with E-state index >= 15 is 0 Å². The zero-order valence-corrected chi connectivity index (χ0v) is 16.3. The fourth-order valence-corrected chi connectivity index (χ4v) is 2.97. The smallest absolute Gasteiger partial charge is 0.155 e. The maximum Gasteiger partial charge on any atom is 0.155 e. The highest BCUT2D eigenvalue weighted by Gasteiger charge is 2.19. The number of pyridine rings is 1. The number of methoxy groups -OCH3 is 1. The molecular weight excluding hydrogens is 387 g/mol. The van der Waals surface area contributed by atoms with Crippen LogP contribution in [-0.2, 0) is 6.54 Å². The van der Waals surface area contributed by atoms with E-state index in [0.29, 0.717) is 17.9 Å². The van der Waals surface area contributed by atoms with Crippen molar-refractivity contribution in [3.8, 4) is 5.75 Å². The Bertz CT molecular complexity index is 935. The van der Waals surface area contributed by atoms with E-state index in [1.165, 1.54) is 6.20 Å². The minimum absolute atomic E-state index is 0.0685. The molecular formula is C19H18Cl2N4O2. The molecule has 0 amide bonds. The van der Waals surface area contributed by atoms with Gasteiger partial charge in [0.25, 0.3) is 0 Å². The monoisotopic (exact) mass is 404 g/mol. The first-order chi connectivity index (χ1) is 13.0. The van der Waals surface area contributed by atoms with Crippen LogP contribution in [0.25, 0.3) is 0 Å². The highest BCUT2D eigenvalue weighted by Crippen LogP contribution is 2.29. The first kappa shape index (κ1) is 19.4. The van der Waals surface area contributed by atoms with Gasteiger partial charge >= 0.3 is 0 Å². The number of aromatic nitrogens is 3. The van der Waals surface area contributed by atoms with Crippen molar-refractivity contribution in [2.75, 3.05) is 12.4 Å². The normalized spacial score (nSPS) is 11.9. The molecule has 0 bridgehead atoms. The van der Waals surface area contributed by atoms with Crippen LogP contribution in [0.15, 0.2) is 42.7 Å². The minimum Gasteiger partial charge on any atom is -0.497 e. The lowest BCUT2D eigenvalue weighted by Crippen LogP contribution is -2.09. The number of benzene rings is 1. The van der Waals surface area contributed by atoms with Gasteiger partial charge in [0.05, 0.1) is 13.3 Å². The lowest BCUT2D eigenvalue weighted by Gasteiger charge is -2.16. The van der Waals surface area contributed by atoms with Gasteiger partial charge in [0.1, 0.15) is 28.5 Å². The summed E-state index contributed by atoms with van der Waals surface area (Å²) in [6.45, 7) is 2.44. The zero-order chi connectivity index (χ0) is 19.4. The van der Waals surface area contributed by atoms with E-state index in [1.54, 1.807) is 19.4 Å². The lowest BCUT2D eigenvalue weighted by atomic mass is 10.0. The second-order valence-corrected chi connectivity index (χ2v) is 6.64. The zero-order valence-electron chi connectivity index (χ0n) is 14.8. The third kappa shape index (κ3) is 4.66. The predicted molar refractivity (Wildman–Crippen MR) is 105 cm³/mol. The number of aliphatic hydroxyl groups excluding tert-OH is 1. The summed E-state index contributed by atoms with van der Waals surface area (Å²) in [5.74, 6) is 1.43. The first-order valence-corrected chi connectivity index (χ1v) is 8.93. The highest BCUT2D eigenvalue weighted by atomic mass is 35.5. The summed E-state index contributed by atoms with van der Waals surface area (Å²) >= 11 is 11.8. The molecule has 1 aromatic carbocycles. The van der Waals surface area contributed by atoms with E-state index in [1.807, 2.05) is 31.2 Å². The SMILES string of the molecule is COc1ccc(CNc2cc(C(O)c3ncc(Cl)nc3Cl)c(C)cn2)cc1. The standard InChI is InChI=1S/C19H18Cl2N4O2/c1-11-8-22-16(23-9-12-3-5-13(27-2)6-4-12)7-14(11)18(26)17-19(21)25-15(20)10-24-17/h3-8,10,18,26H,9H2,1-2H3,(H,22,23). The van der Waals surface area contributed by atoms with E-state index in [-0.39, 0.29) is 16.0 Å². The molecule has 0 spiro atoms. The summed E-state index contributed by atoms with van der Waals surface area (Å²) in [6, 6.07) is 9.51. The van der Waals surface area contributed by atoms with Gasteiger partial charge < -0.3 is 15.2 Å². The van der Waals surface area contributed by atoms with Crippen LogP contribution < -0.4 is 10.1 Å². The molecule has 1 atom stereocenters. The molecule has 0 aliphatic rings. The van der Waals surface area contributed by atoms with Crippen LogP contribution in [0, 0.1) is 6.92 Å². The number of hydrogen-bond acceptors (Lipinski definition) is 6. The Balaban J connectivity index is 1.78. The van der Waals surface area contributed by atoms with Crippen LogP contribution >= 0.6 is 23.2 Å². The number of ether oxygens (including phenoxy) is 1. The maximum atomic E-state index is 10.7. The Hall–Kier alpha value is -2.41. The van der Waals surface area contributed by atoms with Gasteiger partial charge in [0.15, 0.2) is 5.15 Å². The fraction of sp³-hybridized carbons (Fsp3) is 0.211. The van der Waals surface area contributed by atoms with E-state index in [2.05, 4.69) is 20.3 Å². The molecule has 140 valence electrons. The molecule has 8 heteroatoms. The minimum atomic E-state index is -1.04. The second kappa shape index (κ2) is 8.52. The van der Waals surface area contributed by atoms with Gasteiger partial charge in [-0.05, 0) is 41.8 Å². The van der Waals surface area contributed by atoms with Gasteiger partial charge in [-0.1, -0.05) is 35.3 Å². The molecule has 0 saturated heterocycles. The number of aliphatic hydroxyl groups is 1. The van der Waals surface area contributed by atoms with Crippen LogP contribution in [0.1, 0.15) is 28.5 Å². The van der Waals surface area contributed by atoms with Crippen molar-refractivity contribution >= 4 is 29.0 Å². The van der Waals surface area contributed by atoms with Crippen molar-refractivity contribution < 1.29 is 9.84 Å². The fourth-order valence-electron chi connectivity index (χ4n) is 2.55. The molecule has 0 aliphatic heterocycles. The number of aryl methyl sites for hydroxylation is 1. The van der Waals surface area contributed by atoms with Crippen molar-refractivity contribution in [1.82, 2.24) is 15.0 Å². The number of nitrogens with zero attached hydrogens (tertiary/aromatic N) is 3. The van der Waals surface area contributed by atoms with Gasteiger partial charge in [-0.3, -0.25) is 4.98 Å². The lowest BCUT2D eigenvalue weighted by molar-refractivity contribution is 0.214. The maximum absolute atomic E-state index is 10.7. The Morgan fingerprint density at radius 3 is 2.56 bits per heavy atom. The van der Waals surface area contributed by atoms with E-state index < -0.39 is 6.10 Å². The average Bonchev–Trinajstić information content (AvgIpc) is 2.67. The van der Waals surface area contributed by atoms with E-state index in [4.69, 9.17) is 27.9 Å². The molecule has 0 saturated carbocycles. The summed E-state index contributed by atoms with van der Waals surface area (Å²) in [4.78, 5) is 12.4. The predicted octanol–water partition coefficient (Wildman–Crippen LogP) is 4.19. The Morgan fingerprint density at radius 2 is 1.89 bits per heavy atom. The summed E-state index contributed by atoms with van der Waals surface area (Å²) < 4.78 is 5.16. The van der Waals surface area contributed by atoms with E-state index in [9.17, 15) is 5.11 Å². The van der Waals surface area contributed by atoms with Gasteiger partial charge in [0, 0.05) is 12.7 Å². The number of nitrogens with one attached hydrogen (secondary N) is 1. The molecule has 2 heterocycles. The Labute approximate surface area is 167 Å². The van der Waals surface area contributed by atoms with Crippen LogP contribution in [0.4, 0.5) is 5.82 Å². The van der Waals surface area contributed by atoms with Crippen molar-refractivity contribution in [2.45, 2.75) is 19.6 Å². The van der Waals surface area contributed by atoms with Crippen LogP contribution in [0.5, 0.6) is 5.75 Å². The molecule has 6 nitrogen and oxygen atoms in total. The number of rotatable bonds is 6. The number of anilines is 1. The summed E-state index contributed by atoms with van der Waals surface area (Å²) in [6.07, 6.45) is 2.00. The molecule has 0 aliphatic carbocycles. The van der Waals surface area contributed by atoms with Crippen molar-refractivity contribution in [1.29, 1.82) is 0 Å². The van der Waals surface area contributed by atoms with E-state index in [0.717, 1.165) is 16.9 Å². The summed E-state index contributed by atoms with van der Waals surface area (Å²) in [7, 11) is 1.63. The first-order valence-electron chi connectivity index (χ1n) is 8.17. The highest BCUT2D eigenvalue weighted by molar-refractivity contribution is 6.32. The number of hydrogen-bond donors (Lipinski definition) is 2. The second-order valence-electron chi connectivity index (χ2n) is 5.90. The van der Waals surface area contributed by atoms with Crippen molar-refractivity contribution in [2.24, 2.45) is 0 Å². The van der Waals surface area contributed by atoms with Gasteiger partial charge in [-0.2, -0.15) is 0 Å². The molecule has 0 fully saturated rings. The van der Waals surface area contributed by atoms with Gasteiger partial charge in [0.2, 0.25) is 0 Å². The number of halogens is 2. The van der Waals surface area contributed by atoms with Crippen molar-refractivity contribution in [3.05, 3.63) is 75.4 Å². The Kier molecular flexibility index (Phi) is 6.11. The molecule has 0 radical (unpaired) electrons. The molecule has 3 aromatic rings. The molecule has 2 N–H and O–H groups in total. The molecule has 27 heavy (non-hydrogen) atoms. The third-order valence-electron chi connectivity index (χ3n) is 4.06. The molecule has 2 aromatic heterocycles. The molecule has 3 rings (SSSR count). The molecule has 1 unspecified atom stereocenters. The van der Waals surface area contributed by atoms with Gasteiger partial charge in [-0.15, -0.1) is 0 Å². The average molecular weight is 405 g/mol. The topological polar surface area (TPSA) is 80.2 Å². The summed E-state index contributed by atoms with van der Waals surface area (Å²) in [5.41, 5.74) is 2.77. The van der Waals surface area contributed by atoms with Gasteiger partial charge in [-0.25, -0.2) is 9.97 Å². The summed E-state index contributed by atoms with van der Waals surface area (Å²) in [5, 5.41) is 14.2.